The summed E-state index contributed by atoms with van der Waals surface area (Å²) in [6.07, 6.45) is 1.39. The van der Waals surface area contributed by atoms with Crippen LogP contribution in [0.15, 0.2) is 24.5 Å². The molecule has 0 atom stereocenters. The lowest BCUT2D eigenvalue weighted by Gasteiger charge is -2.22. The molecular weight excluding hydrogens is 302 g/mol. The van der Waals surface area contributed by atoms with Crippen molar-refractivity contribution in [1.82, 2.24) is 15.4 Å². The van der Waals surface area contributed by atoms with Crippen LogP contribution in [-0.4, -0.2) is 15.5 Å². The molecule has 0 saturated carbocycles. The van der Waals surface area contributed by atoms with Crippen molar-refractivity contribution in [2.75, 3.05) is 11.2 Å². The monoisotopic (exact) mass is 321 g/mol. The maximum absolute atomic E-state index is 6.05. The number of anilines is 2. The Kier molecular flexibility index (Phi) is 4.73. The minimum Gasteiger partial charge on any atom is -0.437 e. The third kappa shape index (κ3) is 4.22. The molecule has 1 aromatic carbocycles. The zero-order valence-corrected chi connectivity index (χ0v) is 13.8. The van der Waals surface area contributed by atoms with Crippen molar-refractivity contribution in [2.24, 2.45) is 0 Å². The van der Waals surface area contributed by atoms with Crippen LogP contribution in [-0.2, 0) is 0 Å². The van der Waals surface area contributed by atoms with Gasteiger partial charge >= 0.3 is 0 Å². The first-order chi connectivity index (χ1) is 10.3. The zero-order valence-electron chi connectivity index (χ0n) is 13.1. The van der Waals surface area contributed by atoms with E-state index in [0.29, 0.717) is 22.3 Å². The van der Waals surface area contributed by atoms with Gasteiger partial charge in [-0.15, -0.1) is 0 Å². The molecule has 0 bridgehead atoms. The number of halogens is 1. The van der Waals surface area contributed by atoms with Gasteiger partial charge in [0.2, 0.25) is 5.88 Å². The Morgan fingerprint density at radius 1 is 1.23 bits per heavy atom. The molecule has 0 spiro atoms. The van der Waals surface area contributed by atoms with E-state index in [0.717, 1.165) is 5.56 Å². The molecule has 0 saturated heterocycles. The van der Waals surface area contributed by atoms with Gasteiger partial charge in [-0.2, -0.15) is 4.98 Å². The molecule has 0 amide bonds. The maximum atomic E-state index is 6.05. The third-order valence-corrected chi connectivity index (χ3v) is 3.17. The van der Waals surface area contributed by atoms with Gasteiger partial charge in [-0.05, 0) is 51.5 Å². The Hall–Kier alpha value is -2.05. The van der Waals surface area contributed by atoms with E-state index in [1.165, 1.54) is 6.33 Å². The molecule has 1 heterocycles. The highest BCUT2D eigenvalue weighted by Gasteiger charge is 2.14. The van der Waals surface area contributed by atoms with Crippen LogP contribution in [0, 0.1) is 6.92 Å². The molecule has 0 fully saturated rings. The largest absolute Gasteiger partial charge is 0.437 e. The van der Waals surface area contributed by atoms with Crippen LogP contribution in [0.3, 0.4) is 0 Å². The number of hydrogen-bond acceptors (Lipinski definition) is 6. The van der Waals surface area contributed by atoms with Crippen LogP contribution in [0.4, 0.5) is 11.5 Å². The Labute approximate surface area is 135 Å². The summed E-state index contributed by atoms with van der Waals surface area (Å²) in [6.45, 7) is 7.96. The van der Waals surface area contributed by atoms with Crippen LogP contribution in [0.1, 0.15) is 26.3 Å². The number of nitrogen functional groups attached to an aromatic ring is 1. The van der Waals surface area contributed by atoms with Gasteiger partial charge in [0.15, 0.2) is 5.82 Å². The van der Waals surface area contributed by atoms with Crippen molar-refractivity contribution < 1.29 is 4.74 Å². The van der Waals surface area contributed by atoms with Gasteiger partial charge in [-0.3, -0.25) is 0 Å². The first-order valence-corrected chi connectivity index (χ1v) is 7.22. The van der Waals surface area contributed by atoms with Crippen molar-refractivity contribution in [2.45, 2.75) is 33.2 Å². The average molecular weight is 322 g/mol. The normalized spacial score (nSPS) is 11.3. The summed E-state index contributed by atoms with van der Waals surface area (Å²) >= 11 is 6.00. The predicted octanol–water partition coefficient (Wildman–Crippen LogP) is 3.53. The molecule has 0 aliphatic carbocycles. The van der Waals surface area contributed by atoms with Crippen molar-refractivity contribution in [3.63, 3.8) is 0 Å². The minimum atomic E-state index is -0.133. The zero-order chi connectivity index (χ0) is 16.3. The van der Waals surface area contributed by atoms with Gasteiger partial charge in [-0.1, -0.05) is 11.6 Å². The highest BCUT2D eigenvalue weighted by Crippen LogP contribution is 2.30. The van der Waals surface area contributed by atoms with E-state index >= 15 is 0 Å². The molecule has 22 heavy (non-hydrogen) atoms. The maximum Gasteiger partial charge on any atom is 0.248 e. The van der Waals surface area contributed by atoms with Crippen molar-refractivity contribution in [1.29, 1.82) is 0 Å². The first kappa shape index (κ1) is 16.3. The summed E-state index contributed by atoms with van der Waals surface area (Å²) in [7, 11) is 0. The Balaban J connectivity index is 2.19. The first-order valence-electron chi connectivity index (χ1n) is 6.84. The van der Waals surface area contributed by atoms with E-state index in [2.05, 4.69) is 20.8 Å². The van der Waals surface area contributed by atoms with Crippen LogP contribution in [0.25, 0.3) is 0 Å². The van der Waals surface area contributed by atoms with E-state index in [4.69, 9.17) is 22.1 Å². The highest BCUT2D eigenvalue weighted by atomic mass is 35.5. The molecule has 7 heteroatoms. The molecule has 0 unspecified atom stereocenters. The minimum absolute atomic E-state index is 0.133. The smallest absolute Gasteiger partial charge is 0.248 e. The standard InChI is InChI=1S/C15H20ClN5O/c1-9-7-10(5-6-11(9)16)22-14-12(17)13(18-8-19-14)20-21-15(2,3)4/h5-8,21H,17H2,1-4H3,(H,18,19,20). The van der Waals surface area contributed by atoms with Crippen molar-refractivity contribution in [3.8, 4) is 11.6 Å². The number of ether oxygens (including phenoxy) is 1. The van der Waals surface area contributed by atoms with Gasteiger partial charge in [0, 0.05) is 10.6 Å². The number of aromatic nitrogens is 2. The van der Waals surface area contributed by atoms with Gasteiger partial charge in [-0.25, -0.2) is 10.4 Å². The lowest BCUT2D eigenvalue weighted by atomic mass is 10.1. The summed E-state index contributed by atoms with van der Waals surface area (Å²) in [5.74, 6) is 1.36. The number of hydrogen-bond donors (Lipinski definition) is 3. The lowest BCUT2D eigenvalue weighted by molar-refractivity contribution is 0.457. The molecule has 6 nitrogen and oxygen atoms in total. The van der Waals surface area contributed by atoms with Crippen LogP contribution in [0.2, 0.25) is 5.02 Å². The number of nitrogens with zero attached hydrogens (tertiary/aromatic N) is 2. The second kappa shape index (κ2) is 6.37. The Morgan fingerprint density at radius 2 is 1.95 bits per heavy atom. The fourth-order valence-electron chi connectivity index (χ4n) is 1.60. The number of aryl methyl sites for hydroxylation is 1. The topological polar surface area (TPSA) is 85.1 Å². The summed E-state index contributed by atoms with van der Waals surface area (Å²) in [5, 5.41) is 0.680. The molecule has 0 aliphatic rings. The molecule has 4 N–H and O–H groups in total. The molecule has 2 aromatic rings. The van der Waals surface area contributed by atoms with Crippen molar-refractivity contribution >= 4 is 23.1 Å². The molecule has 0 aliphatic heterocycles. The quantitative estimate of drug-likeness (QED) is 0.747. The summed E-state index contributed by atoms with van der Waals surface area (Å²) in [4.78, 5) is 8.18. The molecule has 1 aromatic heterocycles. The number of rotatable bonds is 4. The molecule has 118 valence electrons. The van der Waals surface area contributed by atoms with Crippen LogP contribution < -0.4 is 21.3 Å². The fraction of sp³-hybridized carbons (Fsp3) is 0.333. The van der Waals surface area contributed by atoms with Gasteiger partial charge in [0.05, 0.1) is 0 Å². The van der Waals surface area contributed by atoms with E-state index in [1.54, 1.807) is 12.1 Å². The average Bonchev–Trinajstić information content (AvgIpc) is 2.43. The summed E-state index contributed by atoms with van der Waals surface area (Å²) < 4.78 is 5.72. The van der Waals surface area contributed by atoms with Crippen LogP contribution >= 0.6 is 11.6 Å². The SMILES string of the molecule is Cc1cc(Oc2ncnc(NNC(C)(C)C)c2N)ccc1Cl. The number of nitrogens with one attached hydrogen (secondary N) is 2. The number of benzene rings is 1. The van der Waals surface area contributed by atoms with Gasteiger partial charge in [0.1, 0.15) is 17.8 Å². The summed E-state index contributed by atoms with van der Waals surface area (Å²) in [5.41, 5.74) is 13.2. The Morgan fingerprint density at radius 3 is 2.59 bits per heavy atom. The van der Waals surface area contributed by atoms with E-state index in [9.17, 15) is 0 Å². The third-order valence-electron chi connectivity index (χ3n) is 2.75. The van der Waals surface area contributed by atoms with E-state index < -0.39 is 0 Å². The second-order valence-corrected chi connectivity index (χ2v) is 6.36. The van der Waals surface area contributed by atoms with Gasteiger partial charge in [0.25, 0.3) is 0 Å². The summed E-state index contributed by atoms with van der Waals surface area (Å²) in [6, 6.07) is 5.35. The Bertz CT molecular complexity index is 669. The fourth-order valence-corrected chi connectivity index (χ4v) is 1.72. The van der Waals surface area contributed by atoms with E-state index in [-0.39, 0.29) is 11.4 Å². The lowest BCUT2D eigenvalue weighted by Crippen LogP contribution is -2.40. The molecular formula is C15H20ClN5O. The predicted molar refractivity (Wildman–Crippen MR) is 89.2 cm³/mol. The van der Waals surface area contributed by atoms with E-state index in [1.807, 2.05) is 33.8 Å². The van der Waals surface area contributed by atoms with Crippen molar-refractivity contribution in [3.05, 3.63) is 35.1 Å². The number of hydrazine groups is 1. The van der Waals surface area contributed by atoms with Gasteiger partial charge < -0.3 is 15.9 Å². The van der Waals surface area contributed by atoms with Crippen LogP contribution in [0.5, 0.6) is 11.6 Å². The number of nitrogens with two attached hydrogens (primary N) is 1. The molecule has 2 rings (SSSR count). The molecule has 0 radical (unpaired) electrons. The second-order valence-electron chi connectivity index (χ2n) is 5.95. The highest BCUT2D eigenvalue weighted by molar-refractivity contribution is 6.31.